The molecule has 0 spiro atoms. The maximum atomic E-state index is 13.4. The lowest BCUT2D eigenvalue weighted by Crippen LogP contribution is -1.94. The van der Waals surface area contributed by atoms with E-state index in [0.29, 0.717) is 28.3 Å². The van der Waals surface area contributed by atoms with Crippen LogP contribution in [0.1, 0.15) is 17.0 Å². The van der Waals surface area contributed by atoms with Crippen LogP contribution in [0.15, 0.2) is 98.4 Å². The van der Waals surface area contributed by atoms with E-state index in [-0.39, 0.29) is 11.4 Å². The molecule has 0 aliphatic carbocycles. The molecule has 45 heavy (non-hydrogen) atoms. The first-order chi connectivity index (χ1) is 21.9. The van der Waals surface area contributed by atoms with Crippen LogP contribution in [0.5, 0.6) is 0 Å². The minimum atomic E-state index is -0.480. The van der Waals surface area contributed by atoms with Crippen LogP contribution in [0.2, 0.25) is 0 Å². The fraction of sp³-hybridized carbons (Fsp3) is 0. The molecule has 0 saturated heterocycles. The third kappa shape index (κ3) is 9.62. The van der Waals surface area contributed by atoms with Crippen molar-refractivity contribution < 1.29 is 8.78 Å². The van der Waals surface area contributed by atoms with Gasteiger partial charge in [-0.3, -0.25) is 9.97 Å². The standard InChI is InChI=1S/C16H8FN5.C10H5FIN3.C6H4N2/c1-18-15-6-13(17)7-16(8-15)22-11-12(9-21-22)2-3-14-10-19-4-5-20-14;1-13-9-2-7(11)3-10(4-9)15-6-8(12)5-14-15;1-2-6-5-7-3-4-8-6/h4-11H;2-6H;1,3-5H. The monoisotopic (exact) mass is 706 g/mol. The minimum absolute atomic E-state index is 0.220. The number of halogens is 3. The zero-order valence-corrected chi connectivity index (χ0v) is 25.1. The van der Waals surface area contributed by atoms with Crippen LogP contribution in [0.25, 0.3) is 21.1 Å². The topological polar surface area (TPSA) is 95.9 Å². The highest BCUT2D eigenvalue weighted by atomic mass is 127. The Kier molecular flexibility index (Phi) is 11.1. The van der Waals surface area contributed by atoms with E-state index in [9.17, 15) is 8.78 Å². The summed E-state index contributed by atoms with van der Waals surface area (Å²) >= 11 is 2.12. The molecule has 4 heterocycles. The molecule has 0 unspecified atom stereocenters. The summed E-state index contributed by atoms with van der Waals surface area (Å²) in [6.45, 7) is 13.8. The van der Waals surface area contributed by atoms with Crippen molar-refractivity contribution >= 4 is 34.0 Å². The van der Waals surface area contributed by atoms with Crippen LogP contribution < -0.4 is 0 Å². The Balaban J connectivity index is 0.000000172. The Labute approximate surface area is 270 Å². The average molecular weight is 706 g/mol. The fourth-order valence-electron chi connectivity index (χ4n) is 3.36. The Bertz CT molecular complexity index is 2100. The van der Waals surface area contributed by atoms with Crippen LogP contribution in [0, 0.1) is 52.5 Å². The van der Waals surface area contributed by atoms with Crippen LogP contribution in [-0.4, -0.2) is 39.5 Å². The summed E-state index contributed by atoms with van der Waals surface area (Å²) in [6.07, 6.45) is 21.0. The molecule has 0 atom stereocenters. The second-order valence-corrected chi connectivity index (χ2v) is 9.66. The maximum Gasteiger partial charge on any atom is 0.192 e. The molecule has 0 radical (unpaired) electrons. The predicted molar refractivity (Wildman–Crippen MR) is 170 cm³/mol. The molecule has 0 bridgehead atoms. The first-order valence-corrected chi connectivity index (χ1v) is 13.6. The van der Waals surface area contributed by atoms with Gasteiger partial charge in [-0.05, 0) is 70.8 Å². The van der Waals surface area contributed by atoms with Gasteiger partial charge in [0.15, 0.2) is 11.4 Å². The van der Waals surface area contributed by atoms with E-state index in [2.05, 4.69) is 80.2 Å². The second kappa shape index (κ2) is 15.8. The van der Waals surface area contributed by atoms with Crippen molar-refractivity contribution in [1.29, 1.82) is 0 Å². The summed E-state index contributed by atoms with van der Waals surface area (Å²) < 4.78 is 30.5. The molecule has 6 aromatic rings. The Morgan fingerprint density at radius 1 is 0.689 bits per heavy atom. The summed E-state index contributed by atoms with van der Waals surface area (Å²) in [5, 5.41) is 8.17. The molecule has 0 fully saturated rings. The first-order valence-electron chi connectivity index (χ1n) is 12.5. The Hall–Kier alpha value is -6.29. The number of aromatic nitrogens is 8. The minimum Gasteiger partial charge on any atom is -0.260 e. The van der Waals surface area contributed by atoms with Crippen LogP contribution in [-0.2, 0) is 0 Å². The van der Waals surface area contributed by atoms with Gasteiger partial charge in [-0.1, -0.05) is 5.92 Å². The first kappa shape index (κ1) is 31.6. The SMILES string of the molecule is C#Cc1cnccn1.[C-]#[N+]c1cc(F)cc(-n2cc(C#Cc3cnccn3)cn2)c1.[C-]#[N+]c1cc(F)cc(-n2cc(I)cn2)c1. The van der Waals surface area contributed by atoms with Gasteiger partial charge in [0, 0.05) is 37.2 Å². The van der Waals surface area contributed by atoms with Crippen molar-refractivity contribution in [1.82, 2.24) is 39.5 Å². The zero-order valence-electron chi connectivity index (χ0n) is 22.9. The highest BCUT2D eigenvalue weighted by molar-refractivity contribution is 14.1. The van der Waals surface area contributed by atoms with Gasteiger partial charge in [-0.2, -0.15) is 10.2 Å². The predicted octanol–water partition coefficient (Wildman–Crippen LogP) is 6.38. The summed E-state index contributed by atoms with van der Waals surface area (Å²) in [6, 6.07) is 8.18. The van der Waals surface area contributed by atoms with Gasteiger partial charge >= 0.3 is 0 Å². The van der Waals surface area contributed by atoms with E-state index in [0.717, 1.165) is 3.57 Å². The van der Waals surface area contributed by atoms with Crippen molar-refractivity contribution in [2.24, 2.45) is 0 Å². The molecule has 0 amide bonds. The van der Waals surface area contributed by atoms with Crippen molar-refractivity contribution in [3.63, 3.8) is 0 Å². The molecule has 216 valence electrons. The Morgan fingerprint density at radius 3 is 1.71 bits per heavy atom. The fourth-order valence-corrected chi connectivity index (χ4v) is 3.74. The normalized spacial score (nSPS) is 9.42. The van der Waals surface area contributed by atoms with Gasteiger partial charge in [0.1, 0.15) is 23.0 Å². The van der Waals surface area contributed by atoms with Gasteiger partial charge in [-0.25, -0.2) is 37.8 Å². The summed E-state index contributed by atoms with van der Waals surface area (Å²) in [5.41, 5.74) is 3.30. The molecule has 0 aliphatic rings. The van der Waals surface area contributed by atoms with Gasteiger partial charge < -0.3 is 0 Å². The number of rotatable bonds is 2. The summed E-state index contributed by atoms with van der Waals surface area (Å²) in [7, 11) is 0. The molecular weight excluding hydrogens is 689 g/mol. The molecule has 4 aromatic heterocycles. The third-order valence-corrected chi connectivity index (χ3v) is 5.82. The molecule has 10 nitrogen and oxygen atoms in total. The lowest BCUT2D eigenvalue weighted by Gasteiger charge is -2.01. The number of benzene rings is 2. The number of terminal acetylenes is 1. The number of hydrogen-bond acceptors (Lipinski definition) is 6. The van der Waals surface area contributed by atoms with E-state index in [1.165, 1.54) is 28.9 Å². The van der Waals surface area contributed by atoms with Gasteiger partial charge in [-0.15, -0.1) is 6.42 Å². The quantitative estimate of drug-likeness (QED) is 0.118. The van der Waals surface area contributed by atoms with Crippen molar-refractivity contribution in [3.05, 3.63) is 153 Å². The molecule has 13 heteroatoms. The summed E-state index contributed by atoms with van der Waals surface area (Å²) in [5.74, 6) is 7.21. The molecule has 2 aromatic carbocycles. The van der Waals surface area contributed by atoms with Crippen molar-refractivity contribution in [3.8, 4) is 35.6 Å². The number of nitrogens with zero attached hydrogens (tertiary/aromatic N) is 10. The van der Waals surface area contributed by atoms with Crippen molar-refractivity contribution in [2.75, 3.05) is 0 Å². The lowest BCUT2D eigenvalue weighted by molar-refractivity contribution is 0.626. The van der Waals surface area contributed by atoms with Crippen LogP contribution >= 0.6 is 22.6 Å². The third-order valence-electron chi connectivity index (χ3n) is 5.26. The van der Waals surface area contributed by atoms with E-state index < -0.39 is 11.6 Å². The lowest BCUT2D eigenvalue weighted by atomic mass is 10.2. The van der Waals surface area contributed by atoms with E-state index >= 15 is 0 Å². The van der Waals surface area contributed by atoms with Crippen LogP contribution in [0.3, 0.4) is 0 Å². The molecule has 0 saturated carbocycles. The van der Waals surface area contributed by atoms with Gasteiger partial charge in [0.05, 0.1) is 58.4 Å². The highest BCUT2D eigenvalue weighted by Crippen LogP contribution is 2.21. The molecule has 0 N–H and O–H groups in total. The number of hydrogen-bond donors (Lipinski definition) is 0. The van der Waals surface area contributed by atoms with Crippen molar-refractivity contribution in [2.45, 2.75) is 0 Å². The Morgan fingerprint density at radius 2 is 1.24 bits per heavy atom. The highest BCUT2D eigenvalue weighted by Gasteiger charge is 2.05. The van der Waals surface area contributed by atoms with Gasteiger partial charge in [0.2, 0.25) is 0 Å². The van der Waals surface area contributed by atoms with Gasteiger partial charge in [0.25, 0.3) is 0 Å². The molecule has 6 rings (SSSR count). The maximum absolute atomic E-state index is 13.4. The summed E-state index contributed by atoms with van der Waals surface area (Å²) in [4.78, 5) is 21.9. The molecule has 0 aliphatic heterocycles. The van der Waals surface area contributed by atoms with E-state index in [1.54, 1.807) is 78.8 Å². The average Bonchev–Trinajstić information content (AvgIpc) is 3.74. The molecular formula is C32H17F2IN10. The van der Waals surface area contributed by atoms with E-state index in [1.807, 2.05) is 0 Å². The zero-order chi connectivity index (χ0) is 32.0. The van der Waals surface area contributed by atoms with E-state index in [4.69, 9.17) is 19.6 Å². The second-order valence-electron chi connectivity index (χ2n) is 8.41. The smallest absolute Gasteiger partial charge is 0.192 e. The largest absolute Gasteiger partial charge is 0.260 e. The van der Waals surface area contributed by atoms with Crippen LogP contribution in [0.4, 0.5) is 20.2 Å².